The maximum Gasteiger partial charge on any atom is 0.306 e. The van der Waals surface area contributed by atoms with E-state index < -0.39 is 6.10 Å². The number of hydrogen-bond acceptors (Lipinski definition) is 6. The van der Waals surface area contributed by atoms with E-state index in [-0.39, 0.29) is 31.1 Å². The number of allylic oxidation sites excluding steroid dienone is 8. The van der Waals surface area contributed by atoms with Gasteiger partial charge >= 0.3 is 17.9 Å². The van der Waals surface area contributed by atoms with Crippen molar-refractivity contribution in [2.75, 3.05) is 13.2 Å². The Labute approximate surface area is 460 Å². The van der Waals surface area contributed by atoms with E-state index >= 15 is 0 Å². The van der Waals surface area contributed by atoms with Gasteiger partial charge in [0.15, 0.2) is 6.10 Å². The number of hydrogen-bond donors (Lipinski definition) is 0. The largest absolute Gasteiger partial charge is 0.462 e. The van der Waals surface area contributed by atoms with Gasteiger partial charge < -0.3 is 14.2 Å². The Morgan fingerprint density at radius 3 is 0.770 bits per heavy atom. The lowest BCUT2D eigenvalue weighted by Crippen LogP contribution is -2.30. The Kier molecular flexibility index (Phi) is 60.7. The molecule has 0 aromatic heterocycles. The lowest BCUT2D eigenvalue weighted by Gasteiger charge is -2.18. The molecule has 0 aliphatic carbocycles. The molecule has 0 fully saturated rings. The van der Waals surface area contributed by atoms with Gasteiger partial charge in [-0.05, 0) is 83.5 Å². The van der Waals surface area contributed by atoms with Gasteiger partial charge in [-0.3, -0.25) is 14.4 Å². The first-order valence-electron chi connectivity index (χ1n) is 32.6. The molecule has 0 saturated carbocycles. The molecule has 0 bridgehead atoms. The van der Waals surface area contributed by atoms with E-state index in [0.717, 1.165) is 70.6 Å². The highest BCUT2D eigenvalue weighted by Crippen LogP contribution is 2.17. The molecule has 0 rings (SSSR count). The zero-order chi connectivity index (χ0) is 53.6. The van der Waals surface area contributed by atoms with Gasteiger partial charge in [-0.25, -0.2) is 0 Å². The van der Waals surface area contributed by atoms with Crippen LogP contribution in [0.25, 0.3) is 0 Å². The summed E-state index contributed by atoms with van der Waals surface area (Å²) >= 11 is 0. The highest BCUT2D eigenvalue weighted by atomic mass is 16.6. The van der Waals surface area contributed by atoms with Crippen LogP contribution >= 0.6 is 0 Å². The minimum Gasteiger partial charge on any atom is -0.462 e. The molecule has 74 heavy (non-hydrogen) atoms. The number of esters is 3. The zero-order valence-corrected chi connectivity index (χ0v) is 49.6. The van der Waals surface area contributed by atoms with Gasteiger partial charge in [-0.15, -0.1) is 0 Å². The predicted octanol–water partition coefficient (Wildman–Crippen LogP) is 22.2. The quantitative estimate of drug-likeness (QED) is 0.0261. The maximum atomic E-state index is 12.9. The molecule has 0 aromatic rings. The van der Waals surface area contributed by atoms with E-state index in [1.165, 1.54) is 238 Å². The third kappa shape index (κ3) is 60.2. The van der Waals surface area contributed by atoms with Gasteiger partial charge in [0.2, 0.25) is 0 Å². The Morgan fingerprint density at radius 1 is 0.270 bits per heavy atom. The average molecular weight is 1040 g/mol. The van der Waals surface area contributed by atoms with Crippen LogP contribution < -0.4 is 0 Å². The molecule has 6 heteroatoms. The second-order valence-electron chi connectivity index (χ2n) is 22.0. The zero-order valence-electron chi connectivity index (χ0n) is 49.6. The first-order valence-corrected chi connectivity index (χ1v) is 32.6. The molecule has 0 spiro atoms. The van der Waals surface area contributed by atoms with Crippen molar-refractivity contribution < 1.29 is 28.6 Å². The molecule has 0 saturated heterocycles. The third-order valence-corrected chi connectivity index (χ3v) is 14.6. The molecule has 0 unspecified atom stereocenters. The first kappa shape index (κ1) is 71.4. The van der Waals surface area contributed by atoms with Gasteiger partial charge in [-0.2, -0.15) is 0 Å². The van der Waals surface area contributed by atoms with Crippen molar-refractivity contribution in [1.29, 1.82) is 0 Å². The summed E-state index contributed by atoms with van der Waals surface area (Å²) in [4.78, 5) is 38.4. The van der Waals surface area contributed by atoms with E-state index in [9.17, 15) is 14.4 Å². The number of unbranched alkanes of at least 4 members (excludes halogenated alkanes) is 41. The Balaban J connectivity index is 4.35. The normalized spacial score (nSPS) is 12.3. The summed E-state index contributed by atoms with van der Waals surface area (Å²) in [5.41, 5.74) is 0. The maximum absolute atomic E-state index is 12.9. The van der Waals surface area contributed by atoms with Crippen molar-refractivity contribution >= 4 is 17.9 Å². The van der Waals surface area contributed by atoms with E-state index in [0.29, 0.717) is 19.3 Å². The fourth-order valence-corrected chi connectivity index (χ4v) is 9.62. The van der Waals surface area contributed by atoms with Crippen LogP contribution in [0.2, 0.25) is 0 Å². The van der Waals surface area contributed by atoms with E-state index in [1.807, 2.05) is 0 Å². The lowest BCUT2D eigenvalue weighted by atomic mass is 10.0. The number of rotatable bonds is 60. The van der Waals surface area contributed by atoms with Crippen molar-refractivity contribution in [1.82, 2.24) is 0 Å². The van der Waals surface area contributed by atoms with Gasteiger partial charge in [0.25, 0.3) is 0 Å². The summed E-state index contributed by atoms with van der Waals surface area (Å²) < 4.78 is 17.0. The van der Waals surface area contributed by atoms with Crippen LogP contribution in [-0.4, -0.2) is 37.2 Å². The highest BCUT2D eigenvalue weighted by molar-refractivity contribution is 5.71. The van der Waals surface area contributed by atoms with Crippen LogP contribution in [0.15, 0.2) is 48.6 Å². The Morgan fingerprint density at radius 2 is 0.486 bits per heavy atom. The summed E-state index contributed by atoms with van der Waals surface area (Å²) in [5, 5.41) is 0. The SMILES string of the molecule is CCCCC/C=C/C/C=C/CCCCCCCCCCCC(=O)OC[C@@H](COC(=O)CCCCCCCCCCCCCCCCCCCC)OC(=O)CCCCCCCCCCC/C=C/C/C=C/CCCCC. The Hall–Kier alpha value is -2.63. The lowest BCUT2D eigenvalue weighted by molar-refractivity contribution is -0.167. The van der Waals surface area contributed by atoms with Crippen LogP contribution in [0.5, 0.6) is 0 Å². The molecule has 6 nitrogen and oxygen atoms in total. The van der Waals surface area contributed by atoms with Crippen LogP contribution in [0.3, 0.4) is 0 Å². The van der Waals surface area contributed by atoms with E-state index in [4.69, 9.17) is 14.2 Å². The molecular formula is C68H124O6. The van der Waals surface area contributed by atoms with Crippen molar-refractivity contribution in [3.63, 3.8) is 0 Å². The summed E-state index contributed by atoms with van der Waals surface area (Å²) in [7, 11) is 0. The van der Waals surface area contributed by atoms with Crippen LogP contribution in [0, 0.1) is 0 Å². The topological polar surface area (TPSA) is 78.9 Å². The molecular weight excluding hydrogens is 913 g/mol. The standard InChI is InChI=1S/C68H124O6/c1-4-7-10-13-16-19-22-25-28-31-34-37-40-43-46-49-52-55-58-61-67(70)73-64-65(63-72-66(69)60-57-54-51-48-45-42-39-36-33-30-27-24-21-18-15-12-9-6-3)74-68(71)62-59-56-53-50-47-44-41-38-35-32-29-26-23-20-17-14-11-8-5-2/h16-17,19-20,25-26,28-29,65H,4-15,18,21-24,27,30-64H2,1-3H3/b19-16+,20-17+,28-25+,29-26+/t65-/m1/s1. The predicted molar refractivity (Wildman–Crippen MR) is 321 cm³/mol. The van der Waals surface area contributed by atoms with Gasteiger partial charge in [-0.1, -0.05) is 294 Å². The molecule has 0 radical (unpaired) electrons. The smallest absolute Gasteiger partial charge is 0.306 e. The second kappa shape index (κ2) is 62.9. The number of carbonyl (C=O) groups is 3. The summed E-state index contributed by atoms with van der Waals surface area (Å²) in [5.74, 6) is -0.858. The highest BCUT2D eigenvalue weighted by Gasteiger charge is 2.19. The minimum absolute atomic E-state index is 0.0721. The van der Waals surface area contributed by atoms with Crippen LogP contribution in [-0.2, 0) is 28.6 Å². The fraction of sp³-hybridized carbons (Fsp3) is 0.838. The van der Waals surface area contributed by atoms with Crippen molar-refractivity contribution in [3.8, 4) is 0 Å². The summed E-state index contributed by atoms with van der Waals surface area (Å²) in [6, 6.07) is 0. The molecule has 0 amide bonds. The molecule has 0 N–H and O–H groups in total. The second-order valence-corrected chi connectivity index (χ2v) is 22.0. The minimum atomic E-state index is -0.776. The van der Waals surface area contributed by atoms with Gasteiger partial charge in [0, 0.05) is 19.3 Å². The van der Waals surface area contributed by atoms with Crippen LogP contribution in [0.1, 0.15) is 348 Å². The average Bonchev–Trinajstić information content (AvgIpc) is 3.40. The molecule has 0 aliphatic heterocycles. The number of carbonyl (C=O) groups excluding carboxylic acids is 3. The molecule has 0 aliphatic rings. The third-order valence-electron chi connectivity index (χ3n) is 14.6. The van der Waals surface area contributed by atoms with Crippen molar-refractivity contribution in [3.05, 3.63) is 48.6 Å². The van der Waals surface area contributed by atoms with E-state index in [2.05, 4.69) is 69.4 Å². The molecule has 432 valence electrons. The summed E-state index contributed by atoms with van der Waals surface area (Å²) in [6.45, 7) is 6.64. The fourth-order valence-electron chi connectivity index (χ4n) is 9.62. The molecule has 0 heterocycles. The van der Waals surface area contributed by atoms with Crippen LogP contribution in [0.4, 0.5) is 0 Å². The monoisotopic (exact) mass is 1040 g/mol. The number of ether oxygens (including phenoxy) is 3. The van der Waals surface area contributed by atoms with Crippen molar-refractivity contribution in [2.45, 2.75) is 354 Å². The van der Waals surface area contributed by atoms with E-state index in [1.54, 1.807) is 0 Å². The summed E-state index contributed by atoms with van der Waals surface area (Å²) in [6.07, 6.45) is 78.2. The van der Waals surface area contributed by atoms with Gasteiger partial charge in [0.05, 0.1) is 0 Å². The van der Waals surface area contributed by atoms with Crippen molar-refractivity contribution in [2.24, 2.45) is 0 Å². The van der Waals surface area contributed by atoms with Gasteiger partial charge in [0.1, 0.15) is 13.2 Å². The first-order chi connectivity index (χ1) is 36.5. The molecule has 0 aromatic carbocycles. The molecule has 1 atom stereocenters. The Bertz CT molecular complexity index is 1280.